The molecule has 0 unspecified atom stereocenters. The van der Waals surface area contributed by atoms with E-state index in [9.17, 15) is 13.2 Å². The lowest BCUT2D eigenvalue weighted by atomic mass is 9.96. The predicted molar refractivity (Wildman–Crippen MR) is 90.9 cm³/mol. The fourth-order valence-corrected chi connectivity index (χ4v) is 3.63. The topological polar surface area (TPSA) is 46.5 Å². The van der Waals surface area contributed by atoms with Crippen molar-refractivity contribution >= 4 is 10.9 Å². The van der Waals surface area contributed by atoms with Gasteiger partial charge in [-0.15, -0.1) is 0 Å². The maximum atomic E-state index is 14.4. The number of aromatic nitrogens is 4. The van der Waals surface area contributed by atoms with Crippen LogP contribution in [0.5, 0.6) is 0 Å². The summed E-state index contributed by atoms with van der Waals surface area (Å²) in [6, 6.07) is 7.91. The fourth-order valence-electron chi connectivity index (χ4n) is 3.63. The minimum Gasteiger partial charge on any atom is -0.278 e. The molecule has 4 nitrogen and oxygen atoms in total. The predicted octanol–water partition coefficient (Wildman–Crippen LogP) is 4.46. The van der Waals surface area contributed by atoms with Crippen molar-refractivity contribution in [1.29, 1.82) is 0 Å². The van der Waals surface area contributed by atoms with E-state index in [4.69, 9.17) is 0 Å². The number of aromatic amines is 1. The second-order valence-electron chi connectivity index (χ2n) is 6.39. The summed E-state index contributed by atoms with van der Waals surface area (Å²) < 4.78 is 43.4. The summed E-state index contributed by atoms with van der Waals surface area (Å²) in [6.45, 7) is 0.722. The van der Waals surface area contributed by atoms with Crippen molar-refractivity contribution in [3.8, 4) is 22.4 Å². The highest BCUT2D eigenvalue weighted by molar-refractivity contribution is 5.89. The molecule has 0 atom stereocenters. The van der Waals surface area contributed by atoms with Gasteiger partial charge in [0.15, 0.2) is 17.5 Å². The van der Waals surface area contributed by atoms with E-state index in [1.54, 1.807) is 6.20 Å². The third-order valence-electron chi connectivity index (χ3n) is 4.86. The molecule has 0 saturated heterocycles. The van der Waals surface area contributed by atoms with Crippen molar-refractivity contribution in [3.63, 3.8) is 0 Å². The van der Waals surface area contributed by atoms with Gasteiger partial charge in [-0.25, -0.2) is 13.2 Å². The van der Waals surface area contributed by atoms with Crippen LogP contribution in [0.4, 0.5) is 13.2 Å². The van der Waals surface area contributed by atoms with Crippen LogP contribution in [0.3, 0.4) is 0 Å². The molecule has 5 rings (SSSR count). The average molecular weight is 354 g/mol. The average Bonchev–Trinajstić information content (AvgIpc) is 3.34. The molecule has 7 heteroatoms. The largest absolute Gasteiger partial charge is 0.278 e. The van der Waals surface area contributed by atoms with Crippen molar-refractivity contribution in [3.05, 3.63) is 59.7 Å². The Morgan fingerprint density at radius 1 is 1.04 bits per heavy atom. The minimum absolute atomic E-state index is 0.0366. The molecule has 0 saturated carbocycles. The SMILES string of the molecule is Fc1ccc(-c2nn3c(c2-c2ccc4cn[nH]c4c2)CCC3)c(F)c1F. The Hall–Kier alpha value is -3.09. The minimum atomic E-state index is -1.48. The molecule has 0 aliphatic carbocycles. The molecule has 1 aliphatic heterocycles. The zero-order valence-electron chi connectivity index (χ0n) is 13.6. The molecular formula is C19H13F3N4. The molecule has 3 heterocycles. The number of hydrogen-bond donors (Lipinski definition) is 1. The molecule has 0 amide bonds. The van der Waals surface area contributed by atoms with Crippen LogP contribution in [0.1, 0.15) is 12.1 Å². The molecule has 1 aliphatic rings. The Morgan fingerprint density at radius 2 is 1.92 bits per heavy atom. The third-order valence-corrected chi connectivity index (χ3v) is 4.86. The Morgan fingerprint density at radius 3 is 2.81 bits per heavy atom. The fraction of sp³-hybridized carbons (Fsp3) is 0.158. The summed E-state index contributed by atoms with van der Waals surface area (Å²) >= 11 is 0. The quantitative estimate of drug-likeness (QED) is 0.541. The van der Waals surface area contributed by atoms with Crippen LogP contribution in [0, 0.1) is 17.5 Å². The van der Waals surface area contributed by atoms with Gasteiger partial charge in [-0.1, -0.05) is 12.1 Å². The molecule has 1 N–H and O–H groups in total. The van der Waals surface area contributed by atoms with E-state index in [0.717, 1.165) is 53.2 Å². The van der Waals surface area contributed by atoms with Crippen LogP contribution in [-0.2, 0) is 13.0 Å². The van der Waals surface area contributed by atoms with E-state index in [-0.39, 0.29) is 5.56 Å². The zero-order chi connectivity index (χ0) is 17.8. The summed E-state index contributed by atoms with van der Waals surface area (Å²) in [6.07, 6.45) is 3.47. The first-order chi connectivity index (χ1) is 12.6. The number of H-pyrrole nitrogens is 1. The highest BCUT2D eigenvalue weighted by Crippen LogP contribution is 2.39. The normalized spacial score (nSPS) is 13.5. The smallest absolute Gasteiger partial charge is 0.195 e. The Kier molecular flexibility index (Phi) is 3.19. The van der Waals surface area contributed by atoms with Crippen molar-refractivity contribution in [2.24, 2.45) is 0 Å². The lowest BCUT2D eigenvalue weighted by Gasteiger charge is -2.08. The molecule has 130 valence electrons. The number of hydrogen-bond acceptors (Lipinski definition) is 2. The molecule has 26 heavy (non-hydrogen) atoms. The monoisotopic (exact) mass is 354 g/mol. The van der Waals surface area contributed by atoms with E-state index >= 15 is 0 Å². The van der Waals surface area contributed by atoms with E-state index < -0.39 is 17.5 Å². The maximum absolute atomic E-state index is 14.4. The van der Waals surface area contributed by atoms with Gasteiger partial charge in [-0.3, -0.25) is 9.78 Å². The third kappa shape index (κ3) is 2.09. The molecule has 0 fully saturated rings. The lowest BCUT2D eigenvalue weighted by Crippen LogP contribution is -1.97. The van der Waals surface area contributed by atoms with E-state index in [2.05, 4.69) is 15.3 Å². The second kappa shape index (κ2) is 5.45. The van der Waals surface area contributed by atoms with Gasteiger partial charge in [0.2, 0.25) is 0 Å². The van der Waals surface area contributed by atoms with Crippen LogP contribution >= 0.6 is 0 Å². The van der Waals surface area contributed by atoms with Crippen LogP contribution in [0.25, 0.3) is 33.3 Å². The van der Waals surface area contributed by atoms with Crippen molar-refractivity contribution in [2.45, 2.75) is 19.4 Å². The summed E-state index contributed by atoms with van der Waals surface area (Å²) in [7, 11) is 0. The first-order valence-electron chi connectivity index (χ1n) is 8.30. The van der Waals surface area contributed by atoms with Crippen LogP contribution < -0.4 is 0 Å². The summed E-state index contributed by atoms with van der Waals surface area (Å²) in [5, 5.41) is 12.4. The molecular weight excluding hydrogens is 341 g/mol. The van der Waals surface area contributed by atoms with Gasteiger partial charge in [-0.05, 0) is 36.6 Å². The molecule has 0 radical (unpaired) electrons. The molecule has 4 aromatic rings. The summed E-state index contributed by atoms with van der Waals surface area (Å²) in [4.78, 5) is 0. The van der Waals surface area contributed by atoms with Gasteiger partial charge in [0, 0.05) is 28.8 Å². The molecule has 2 aromatic heterocycles. The highest BCUT2D eigenvalue weighted by atomic mass is 19.2. The van der Waals surface area contributed by atoms with E-state index in [1.165, 1.54) is 6.07 Å². The van der Waals surface area contributed by atoms with Gasteiger partial charge in [0.05, 0.1) is 11.7 Å². The van der Waals surface area contributed by atoms with Crippen molar-refractivity contribution in [1.82, 2.24) is 20.0 Å². The number of nitrogens with one attached hydrogen (secondary N) is 1. The van der Waals surface area contributed by atoms with Crippen LogP contribution in [-0.4, -0.2) is 20.0 Å². The number of halogens is 3. The molecule has 0 spiro atoms. The molecule has 0 bridgehead atoms. The van der Waals surface area contributed by atoms with Crippen LogP contribution in [0.15, 0.2) is 36.5 Å². The van der Waals surface area contributed by atoms with Gasteiger partial charge in [0.25, 0.3) is 0 Å². The lowest BCUT2D eigenvalue weighted by molar-refractivity contribution is 0.448. The van der Waals surface area contributed by atoms with Crippen molar-refractivity contribution in [2.75, 3.05) is 0 Å². The van der Waals surface area contributed by atoms with Gasteiger partial charge in [-0.2, -0.15) is 10.2 Å². The summed E-state index contributed by atoms with van der Waals surface area (Å²) in [5.41, 5.74) is 3.70. The second-order valence-corrected chi connectivity index (χ2v) is 6.39. The van der Waals surface area contributed by atoms with Gasteiger partial charge < -0.3 is 0 Å². The number of aryl methyl sites for hydroxylation is 1. The number of nitrogens with zero attached hydrogens (tertiary/aromatic N) is 3. The highest BCUT2D eigenvalue weighted by Gasteiger charge is 2.27. The number of fused-ring (bicyclic) bond motifs is 2. The summed E-state index contributed by atoms with van der Waals surface area (Å²) in [5.74, 6) is -3.91. The number of benzene rings is 2. The Bertz CT molecular complexity index is 1160. The van der Waals surface area contributed by atoms with Gasteiger partial charge in [0.1, 0.15) is 5.69 Å². The number of rotatable bonds is 2. The zero-order valence-corrected chi connectivity index (χ0v) is 13.6. The standard InChI is InChI=1S/C19H13F3N4/c20-13-6-5-12(17(21)18(13)22)19-16(15-2-1-7-26(15)25-19)10-3-4-11-9-23-24-14(11)8-10/h3-6,8-9H,1-2,7H2,(H,23,24). The Labute approximate surface area is 146 Å². The van der Waals surface area contributed by atoms with Crippen molar-refractivity contribution < 1.29 is 13.2 Å². The van der Waals surface area contributed by atoms with Crippen LogP contribution in [0.2, 0.25) is 0 Å². The van der Waals surface area contributed by atoms with Gasteiger partial charge >= 0.3 is 0 Å². The first kappa shape index (κ1) is 15.2. The van der Waals surface area contributed by atoms with E-state index in [0.29, 0.717) is 5.69 Å². The molecule has 2 aromatic carbocycles. The first-order valence-corrected chi connectivity index (χ1v) is 8.30. The van der Waals surface area contributed by atoms with E-state index in [1.807, 2.05) is 22.9 Å². The Balaban J connectivity index is 1.79. The maximum Gasteiger partial charge on any atom is 0.195 e.